The molecule has 0 bridgehead atoms. The average molecular weight is 679 g/mol. The first-order valence-corrected chi connectivity index (χ1v) is 14.0. The van der Waals surface area contributed by atoms with Gasteiger partial charge in [0.25, 0.3) is 0 Å². The summed E-state index contributed by atoms with van der Waals surface area (Å²) in [5, 5.41) is 24.2. The van der Waals surface area contributed by atoms with Crippen molar-refractivity contribution in [1.82, 2.24) is 4.98 Å². The summed E-state index contributed by atoms with van der Waals surface area (Å²) in [5.74, 6) is 0.657. The zero-order valence-corrected chi connectivity index (χ0v) is 25.5. The zero-order valence-electron chi connectivity index (χ0n) is 23.1. The molecule has 0 saturated heterocycles. The fourth-order valence-electron chi connectivity index (χ4n) is 7.22. The molecule has 2 aliphatic carbocycles. The molecule has 0 aliphatic heterocycles. The summed E-state index contributed by atoms with van der Waals surface area (Å²) < 4.78 is 0. The molecule has 1 heterocycles. The van der Waals surface area contributed by atoms with Crippen LogP contribution in [0.1, 0.15) is 78.2 Å². The quantitative estimate of drug-likeness (QED) is 0.272. The predicted molar refractivity (Wildman–Crippen MR) is 150 cm³/mol. The summed E-state index contributed by atoms with van der Waals surface area (Å²) in [5.41, 5.74) is 3.42. The van der Waals surface area contributed by atoms with Crippen molar-refractivity contribution >= 4 is 10.8 Å². The second-order valence-corrected chi connectivity index (χ2v) is 11.3. The molecule has 4 heteroatoms. The van der Waals surface area contributed by atoms with Gasteiger partial charge >= 0.3 is 0 Å². The molecule has 37 heavy (non-hydrogen) atoms. The minimum absolute atomic E-state index is 0. The van der Waals surface area contributed by atoms with Gasteiger partial charge in [0.05, 0.1) is 12.2 Å². The first-order valence-electron chi connectivity index (χ1n) is 14.0. The predicted octanol–water partition coefficient (Wildman–Crippen LogP) is 7.76. The largest absolute Gasteiger partial charge is 0.392 e. The number of rotatable bonds is 5. The van der Waals surface area contributed by atoms with E-state index in [1.807, 2.05) is 36.5 Å². The van der Waals surface area contributed by atoms with Crippen molar-refractivity contribution in [3.63, 3.8) is 0 Å². The fourth-order valence-corrected chi connectivity index (χ4v) is 7.22. The number of aryl methyl sites for hydroxylation is 1. The Bertz CT molecular complexity index is 1130. The number of nitrogens with zero attached hydrogens (tertiary/aromatic N) is 1. The zero-order chi connectivity index (χ0) is 25.9. The fraction of sp³-hybridized carbons (Fsp3) is 0.545. The first kappa shape index (κ1) is 30.0. The molecule has 203 valence electrons. The van der Waals surface area contributed by atoms with E-state index in [2.05, 4.69) is 63.9 Å². The number of hydrogen-bond donors (Lipinski definition) is 2. The number of aliphatic hydroxyl groups is 2. The van der Waals surface area contributed by atoms with Gasteiger partial charge in [-0.15, -0.1) is 35.9 Å². The van der Waals surface area contributed by atoms with E-state index in [0.717, 1.165) is 49.8 Å². The number of benzene rings is 2. The minimum Gasteiger partial charge on any atom is -0.392 e. The molecule has 2 fully saturated rings. The van der Waals surface area contributed by atoms with Gasteiger partial charge in [-0.2, -0.15) is 0 Å². The van der Waals surface area contributed by atoms with Gasteiger partial charge < -0.3 is 15.2 Å². The smallest absolute Gasteiger partial charge is 0.0651 e. The van der Waals surface area contributed by atoms with Crippen molar-refractivity contribution < 1.29 is 30.3 Å². The van der Waals surface area contributed by atoms with Crippen LogP contribution in [0.15, 0.2) is 54.7 Å². The molecule has 2 aliphatic rings. The van der Waals surface area contributed by atoms with Crippen molar-refractivity contribution in [3.05, 3.63) is 66.4 Å². The number of pyridine rings is 1. The van der Waals surface area contributed by atoms with E-state index in [0.29, 0.717) is 5.92 Å². The molecule has 4 atom stereocenters. The molecule has 1 radical (unpaired) electrons. The average Bonchev–Trinajstić information content (AvgIpc) is 3.22. The monoisotopic (exact) mass is 679 g/mol. The van der Waals surface area contributed by atoms with Crippen LogP contribution in [-0.4, -0.2) is 27.4 Å². The summed E-state index contributed by atoms with van der Waals surface area (Å²) in [6.07, 6.45) is 8.83. The molecule has 2 aromatic carbocycles. The Morgan fingerprint density at radius 2 is 1.59 bits per heavy atom. The normalized spacial score (nSPS) is 25.5. The van der Waals surface area contributed by atoms with Gasteiger partial charge in [-0.1, -0.05) is 51.5 Å². The number of hydrogen-bond acceptors (Lipinski definition) is 3. The summed E-state index contributed by atoms with van der Waals surface area (Å²) in [4.78, 5) is 4.49. The number of aromatic nitrogens is 1. The summed E-state index contributed by atoms with van der Waals surface area (Å²) in [6, 6.07) is 19.7. The molecule has 5 rings (SSSR count). The van der Waals surface area contributed by atoms with E-state index >= 15 is 0 Å². The molecular weight excluding hydrogens is 635 g/mol. The van der Waals surface area contributed by atoms with E-state index in [1.165, 1.54) is 22.8 Å². The van der Waals surface area contributed by atoms with Gasteiger partial charge in [0.15, 0.2) is 0 Å². The van der Waals surface area contributed by atoms with Crippen LogP contribution < -0.4 is 0 Å². The van der Waals surface area contributed by atoms with E-state index in [9.17, 15) is 10.2 Å². The van der Waals surface area contributed by atoms with Crippen LogP contribution in [0.2, 0.25) is 0 Å². The van der Waals surface area contributed by atoms with Crippen LogP contribution in [0.5, 0.6) is 0 Å². The third-order valence-electron chi connectivity index (χ3n) is 9.91. The number of aliphatic hydroxyl groups excluding tert-OH is 2. The van der Waals surface area contributed by atoms with Crippen LogP contribution in [0.25, 0.3) is 22.0 Å². The third kappa shape index (κ3) is 5.59. The number of fused-ring (bicyclic) bond motifs is 2. The van der Waals surface area contributed by atoms with Crippen molar-refractivity contribution in [1.29, 1.82) is 0 Å². The Morgan fingerprint density at radius 1 is 0.919 bits per heavy atom. The van der Waals surface area contributed by atoms with Crippen molar-refractivity contribution in [2.24, 2.45) is 22.7 Å². The van der Waals surface area contributed by atoms with Crippen LogP contribution in [-0.2, 0) is 20.1 Å². The van der Waals surface area contributed by atoms with Gasteiger partial charge in [-0.25, -0.2) is 0 Å². The molecule has 3 nitrogen and oxygen atoms in total. The summed E-state index contributed by atoms with van der Waals surface area (Å²) >= 11 is 0. The molecule has 0 amide bonds. The third-order valence-corrected chi connectivity index (χ3v) is 9.91. The molecule has 2 saturated carbocycles. The molecule has 2 N–H and O–H groups in total. The van der Waals surface area contributed by atoms with Crippen LogP contribution in [0.3, 0.4) is 0 Å². The van der Waals surface area contributed by atoms with Gasteiger partial charge in [-0.05, 0) is 91.2 Å². The van der Waals surface area contributed by atoms with Gasteiger partial charge in [0.2, 0.25) is 0 Å². The maximum Gasteiger partial charge on any atom is 0.0651 e. The van der Waals surface area contributed by atoms with E-state index in [4.69, 9.17) is 0 Å². The second-order valence-electron chi connectivity index (χ2n) is 11.3. The van der Waals surface area contributed by atoms with Gasteiger partial charge in [0.1, 0.15) is 0 Å². The maximum atomic E-state index is 10.9. The van der Waals surface area contributed by atoms with Gasteiger partial charge in [-0.3, -0.25) is 0 Å². The summed E-state index contributed by atoms with van der Waals surface area (Å²) in [7, 11) is 0. The molecule has 1 aromatic heterocycles. The van der Waals surface area contributed by atoms with Crippen molar-refractivity contribution in [2.75, 3.05) is 0 Å². The van der Waals surface area contributed by atoms with Crippen molar-refractivity contribution in [2.45, 2.75) is 91.8 Å². The standard InChI is InChI=1S/C17H32O2.C16H12N.Ir/c1-5-16(6-2)10-9-12-11-17(7-3,8-4)15(19)13(12)14(16)18;1-12-7-8-13-9-10-17-16(15(13)11-12)14-5-3-2-4-6-14;/h12-15,18-19H,5-11H2,1-4H3;2-5,7-11H,1H3;/q;-1;. The Morgan fingerprint density at radius 3 is 2.22 bits per heavy atom. The van der Waals surface area contributed by atoms with Crippen LogP contribution >= 0.6 is 0 Å². The van der Waals surface area contributed by atoms with Crippen LogP contribution in [0.4, 0.5) is 0 Å². The first-order chi connectivity index (χ1) is 17.3. The van der Waals surface area contributed by atoms with Crippen molar-refractivity contribution in [3.8, 4) is 11.3 Å². The Hall–Kier alpha value is -1.58. The van der Waals surface area contributed by atoms with E-state index < -0.39 is 0 Å². The molecule has 4 unspecified atom stereocenters. The topological polar surface area (TPSA) is 53.4 Å². The Labute approximate surface area is 237 Å². The Kier molecular flexibility index (Phi) is 10.1. The van der Waals surface area contributed by atoms with Crippen LogP contribution in [0, 0.1) is 35.7 Å². The Balaban J connectivity index is 0.000000201. The van der Waals surface area contributed by atoms with E-state index in [-0.39, 0.29) is 49.1 Å². The minimum atomic E-state index is -0.309. The van der Waals surface area contributed by atoms with E-state index in [1.54, 1.807) is 0 Å². The summed E-state index contributed by atoms with van der Waals surface area (Å²) in [6.45, 7) is 10.9. The maximum absolute atomic E-state index is 10.9. The molecular formula is C33H44IrNO2-. The molecule has 0 spiro atoms. The second kappa shape index (κ2) is 12.5. The molecule has 3 aromatic rings. The SMILES string of the molecule is CCC1(CC)CCC2CC(CC)(CC)C(O)C2C1O.Cc1ccc2ccnc(-c3[c-]cccc3)c2c1.[Ir]. The van der Waals surface area contributed by atoms with Gasteiger partial charge in [0, 0.05) is 32.2 Å².